The first-order valence-electron chi connectivity index (χ1n) is 6.57. The highest BCUT2D eigenvalue weighted by atomic mass is 35.5. The molecule has 1 aromatic heterocycles. The van der Waals surface area contributed by atoms with Crippen LogP contribution in [0.15, 0.2) is 36.4 Å². The smallest absolute Gasteiger partial charge is 0.163 e. The van der Waals surface area contributed by atoms with E-state index in [0.717, 1.165) is 5.56 Å². The zero-order chi connectivity index (χ0) is 14.5. The molecule has 5 heteroatoms. The summed E-state index contributed by atoms with van der Waals surface area (Å²) in [5, 5.41) is 12.8. The van der Waals surface area contributed by atoms with Crippen LogP contribution in [-0.2, 0) is 0 Å². The summed E-state index contributed by atoms with van der Waals surface area (Å²) in [6.45, 7) is 4.09. The van der Waals surface area contributed by atoms with Crippen molar-refractivity contribution < 1.29 is 5.11 Å². The topological polar surface area (TPSA) is 58.0 Å². The lowest BCUT2D eigenvalue weighted by Gasteiger charge is -2.20. The van der Waals surface area contributed by atoms with E-state index in [2.05, 4.69) is 15.3 Å². The number of anilines is 1. The van der Waals surface area contributed by atoms with Crippen LogP contribution in [0, 0.1) is 5.92 Å². The van der Waals surface area contributed by atoms with E-state index in [9.17, 15) is 5.11 Å². The van der Waals surface area contributed by atoms with Crippen LogP contribution in [0.5, 0.6) is 0 Å². The van der Waals surface area contributed by atoms with E-state index < -0.39 is 0 Å². The Balaban J connectivity index is 2.25. The van der Waals surface area contributed by atoms with E-state index in [0.29, 0.717) is 16.8 Å². The molecule has 2 aromatic rings. The molecule has 2 N–H and O–H groups in total. The zero-order valence-electron chi connectivity index (χ0n) is 11.5. The lowest BCUT2D eigenvalue weighted by atomic mass is 10.1. The lowest BCUT2D eigenvalue weighted by Crippen LogP contribution is -2.26. The summed E-state index contributed by atoms with van der Waals surface area (Å²) >= 11 is 6.06. The maximum absolute atomic E-state index is 9.17. The van der Waals surface area contributed by atoms with Gasteiger partial charge < -0.3 is 10.4 Å². The van der Waals surface area contributed by atoms with Gasteiger partial charge in [-0.25, -0.2) is 9.97 Å². The molecule has 20 heavy (non-hydrogen) atoms. The number of benzene rings is 1. The van der Waals surface area contributed by atoms with E-state index in [1.807, 2.05) is 44.2 Å². The Morgan fingerprint density at radius 2 is 1.90 bits per heavy atom. The van der Waals surface area contributed by atoms with Crippen molar-refractivity contribution in [1.82, 2.24) is 9.97 Å². The second kappa shape index (κ2) is 6.68. The maximum atomic E-state index is 9.17. The number of aliphatic hydroxyl groups is 1. The van der Waals surface area contributed by atoms with Crippen LogP contribution in [0.1, 0.15) is 13.8 Å². The Kier molecular flexibility index (Phi) is 4.93. The number of hydrogen-bond donors (Lipinski definition) is 2. The van der Waals surface area contributed by atoms with Gasteiger partial charge in [-0.1, -0.05) is 48.9 Å². The molecule has 2 rings (SSSR count). The Bertz CT molecular complexity index is 562. The molecule has 0 aliphatic heterocycles. The lowest BCUT2D eigenvalue weighted by molar-refractivity contribution is 0.226. The van der Waals surface area contributed by atoms with Gasteiger partial charge >= 0.3 is 0 Å². The van der Waals surface area contributed by atoms with Crippen molar-refractivity contribution in [2.75, 3.05) is 11.9 Å². The molecule has 0 saturated carbocycles. The van der Waals surface area contributed by atoms with Crippen LogP contribution in [0.4, 0.5) is 5.82 Å². The third kappa shape index (κ3) is 3.68. The summed E-state index contributed by atoms with van der Waals surface area (Å²) in [5.41, 5.74) is 0.918. The normalized spacial score (nSPS) is 13.8. The molecule has 2 atom stereocenters. The van der Waals surface area contributed by atoms with Crippen molar-refractivity contribution in [1.29, 1.82) is 0 Å². The second-order valence-electron chi connectivity index (χ2n) is 4.86. The number of aromatic nitrogens is 2. The molecule has 1 heterocycles. The molecule has 0 fully saturated rings. The molecule has 0 aliphatic rings. The molecule has 0 saturated heterocycles. The largest absolute Gasteiger partial charge is 0.396 e. The third-order valence-corrected chi connectivity index (χ3v) is 3.44. The fourth-order valence-corrected chi connectivity index (χ4v) is 1.92. The number of aliphatic hydroxyl groups excluding tert-OH is 1. The number of halogens is 1. The summed E-state index contributed by atoms with van der Waals surface area (Å²) in [4.78, 5) is 8.71. The van der Waals surface area contributed by atoms with E-state index in [-0.39, 0.29) is 18.6 Å². The highest BCUT2D eigenvalue weighted by Crippen LogP contribution is 2.21. The van der Waals surface area contributed by atoms with Crippen LogP contribution >= 0.6 is 11.6 Å². The summed E-state index contributed by atoms with van der Waals surface area (Å²) in [7, 11) is 0. The van der Waals surface area contributed by atoms with Crippen LogP contribution in [0.3, 0.4) is 0 Å². The van der Waals surface area contributed by atoms with Gasteiger partial charge in [0.05, 0.1) is 0 Å². The first kappa shape index (κ1) is 14.8. The molecule has 0 aliphatic carbocycles. The van der Waals surface area contributed by atoms with Gasteiger partial charge in [0.1, 0.15) is 11.0 Å². The highest BCUT2D eigenvalue weighted by molar-refractivity contribution is 6.29. The SMILES string of the molecule is CC(CO)C(C)Nc1cc(Cl)nc(-c2ccccc2)n1. The predicted octanol–water partition coefficient (Wildman–Crippen LogP) is 3.23. The Morgan fingerprint density at radius 3 is 2.55 bits per heavy atom. The Morgan fingerprint density at radius 1 is 1.20 bits per heavy atom. The summed E-state index contributed by atoms with van der Waals surface area (Å²) in [6.07, 6.45) is 0. The molecule has 0 spiro atoms. The molecule has 106 valence electrons. The van der Waals surface area contributed by atoms with Gasteiger partial charge in [-0.05, 0) is 12.8 Å². The molecule has 2 unspecified atom stereocenters. The highest BCUT2D eigenvalue weighted by Gasteiger charge is 2.13. The van der Waals surface area contributed by atoms with Gasteiger partial charge in [0.2, 0.25) is 0 Å². The average Bonchev–Trinajstić information content (AvgIpc) is 2.46. The van der Waals surface area contributed by atoms with E-state index >= 15 is 0 Å². The molecular weight excluding hydrogens is 274 g/mol. The van der Waals surface area contributed by atoms with Crippen LogP contribution in [0.2, 0.25) is 5.15 Å². The van der Waals surface area contributed by atoms with Crippen LogP contribution < -0.4 is 5.32 Å². The Hall–Kier alpha value is -1.65. The van der Waals surface area contributed by atoms with E-state index in [4.69, 9.17) is 11.6 Å². The summed E-state index contributed by atoms with van der Waals surface area (Å²) in [5.74, 6) is 1.38. The Labute approximate surface area is 123 Å². The van der Waals surface area contributed by atoms with E-state index in [1.165, 1.54) is 0 Å². The van der Waals surface area contributed by atoms with Crippen LogP contribution in [0.25, 0.3) is 11.4 Å². The van der Waals surface area contributed by atoms with Crippen molar-refractivity contribution >= 4 is 17.4 Å². The zero-order valence-corrected chi connectivity index (χ0v) is 12.3. The van der Waals surface area contributed by atoms with E-state index in [1.54, 1.807) is 6.07 Å². The molecular formula is C15H18ClN3O. The predicted molar refractivity (Wildman–Crippen MR) is 81.8 cm³/mol. The molecule has 4 nitrogen and oxygen atoms in total. The van der Waals surface area contributed by atoms with Crippen LogP contribution in [-0.4, -0.2) is 27.7 Å². The first-order chi connectivity index (χ1) is 9.60. The molecule has 0 amide bonds. The molecule has 0 radical (unpaired) electrons. The van der Waals surface area contributed by atoms with Gasteiger partial charge in [0.15, 0.2) is 5.82 Å². The monoisotopic (exact) mass is 291 g/mol. The second-order valence-corrected chi connectivity index (χ2v) is 5.25. The minimum absolute atomic E-state index is 0.0922. The van der Waals surface area contributed by atoms with Crippen molar-refractivity contribution in [3.8, 4) is 11.4 Å². The van der Waals surface area contributed by atoms with Gasteiger partial charge in [-0.3, -0.25) is 0 Å². The summed E-state index contributed by atoms with van der Waals surface area (Å²) < 4.78 is 0. The fraction of sp³-hybridized carbons (Fsp3) is 0.333. The van der Waals surface area contributed by atoms with Gasteiger partial charge in [0, 0.05) is 24.3 Å². The first-order valence-corrected chi connectivity index (χ1v) is 6.95. The van der Waals surface area contributed by atoms with Crippen molar-refractivity contribution in [3.63, 3.8) is 0 Å². The summed E-state index contributed by atoms with van der Waals surface area (Å²) in [6, 6.07) is 11.5. The molecule has 1 aromatic carbocycles. The number of nitrogens with zero attached hydrogens (tertiary/aromatic N) is 2. The quantitative estimate of drug-likeness (QED) is 0.831. The van der Waals surface area contributed by atoms with Crippen molar-refractivity contribution in [2.45, 2.75) is 19.9 Å². The minimum Gasteiger partial charge on any atom is -0.396 e. The fourth-order valence-electron chi connectivity index (χ4n) is 1.74. The van der Waals surface area contributed by atoms with Crippen molar-refractivity contribution in [3.05, 3.63) is 41.6 Å². The maximum Gasteiger partial charge on any atom is 0.163 e. The average molecular weight is 292 g/mol. The van der Waals surface area contributed by atoms with Gasteiger partial charge in [0.25, 0.3) is 0 Å². The van der Waals surface area contributed by atoms with Gasteiger partial charge in [-0.2, -0.15) is 0 Å². The third-order valence-electron chi connectivity index (χ3n) is 3.24. The number of rotatable bonds is 5. The van der Waals surface area contributed by atoms with Gasteiger partial charge in [-0.15, -0.1) is 0 Å². The number of hydrogen-bond acceptors (Lipinski definition) is 4. The minimum atomic E-state index is 0.0922. The number of nitrogens with one attached hydrogen (secondary N) is 1. The standard InChI is InChI=1S/C15H18ClN3O/c1-10(9-20)11(2)17-14-8-13(16)18-15(19-14)12-6-4-3-5-7-12/h3-8,10-11,20H,9H2,1-2H3,(H,17,18,19). The van der Waals surface area contributed by atoms with Crippen molar-refractivity contribution in [2.24, 2.45) is 5.92 Å². The molecule has 0 bridgehead atoms.